The third-order valence-corrected chi connectivity index (χ3v) is 4.27. The second-order valence-electron chi connectivity index (χ2n) is 4.68. The lowest BCUT2D eigenvalue weighted by Crippen LogP contribution is -2.23. The van der Waals surface area contributed by atoms with Gasteiger partial charge in [-0.15, -0.1) is 0 Å². The molecule has 108 valence electrons. The fourth-order valence-corrected chi connectivity index (χ4v) is 2.55. The topological polar surface area (TPSA) is 27.0 Å². The minimum absolute atomic E-state index is 0.120. The van der Waals surface area contributed by atoms with E-state index >= 15 is 0 Å². The van der Waals surface area contributed by atoms with Crippen LogP contribution >= 0.6 is 15.9 Å². The van der Waals surface area contributed by atoms with Gasteiger partial charge in [0, 0.05) is 12.6 Å². The van der Waals surface area contributed by atoms with Crippen LogP contribution in [0, 0.1) is 23.0 Å². The number of hydrogen-bond acceptors (Lipinski definition) is 2. The van der Waals surface area contributed by atoms with E-state index < -0.39 is 5.82 Å². The van der Waals surface area contributed by atoms with Crippen molar-refractivity contribution in [2.75, 3.05) is 11.9 Å². The highest BCUT2D eigenvalue weighted by molar-refractivity contribution is 9.10. The summed E-state index contributed by atoms with van der Waals surface area (Å²) < 4.78 is 28.3. The molecule has 0 heterocycles. The van der Waals surface area contributed by atoms with Gasteiger partial charge in [-0.05, 0) is 41.1 Å². The van der Waals surface area contributed by atoms with Crippen molar-refractivity contribution in [2.24, 2.45) is 0 Å². The Hall–Kier alpha value is -1.93. The van der Waals surface area contributed by atoms with Crippen molar-refractivity contribution in [2.45, 2.75) is 13.0 Å². The molecule has 2 aromatic rings. The summed E-state index contributed by atoms with van der Waals surface area (Å²) in [5.41, 5.74) is 1.01. The molecule has 2 nitrogen and oxygen atoms in total. The summed E-state index contributed by atoms with van der Waals surface area (Å²) in [6.07, 6.45) is 0. The van der Waals surface area contributed by atoms with Gasteiger partial charge < -0.3 is 4.90 Å². The zero-order chi connectivity index (χ0) is 15.6. The molecule has 0 aliphatic carbocycles. The van der Waals surface area contributed by atoms with Crippen LogP contribution < -0.4 is 4.90 Å². The molecule has 0 aliphatic heterocycles. The van der Waals surface area contributed by atoms with Crippen LogP contribution in [0.3, 0.4) is 0 Å². The molecular weight excluding hydrogens is 338 g/mol. The molecule has 0 saturated heterocycles. The van der Waals surface area contributed by atoms with Crippen LogP contribution in [0.25, 0.3) is 0 Å². The first-order valence-electron chi connectivity index (χ1n) is 6.32. The zero-order valence-electron chi connectivity index (χ0n) is 11.6. The summed E-state index contributed by atoms with van der Waals surface area (Å²) >= 11 is 3.08. The van der Waals surface area contributed by atoms with Crippen molar-refractivity contribution in [3.8, 4) is 6.07 Å². The van der Waals surface area contributed by atoms with Gasteiger partial charge in [0.1, 0.15) is 11.9 Å². The molecule has 0 aliphatic rings. The van der Waals surface area contributed by atoms with Gasteiger partial charge in [-0.25, -0.2) is 8.78 Å². The first-order chi connectivity index (χ1) is 9.97. The molecule has 0 amide bonds. The Balaban J connectivity index is 2.41. The smallest absolute Gasteiger partial charge is 0.161 e. The highest BCUT2D eigenvalue weighted by atomic mass is 79.9. The minimum Gasteiger partial charge on any atom is -0.365 e. The molecule has 0 aromatic heterocycles. The number of nitriles is 1. The van der Waals surface area contributed by atoms with Gasteiger partial charge in [0.15, 0.2) is 5.82 Å². The van der Waals surface area contributed by atoms with Crippen molar-refractivity contribution < 1.29 is 8.78 Å². The Morgan fingerprint density at radius 2 is 1.86 bits per heavy atom. The van der Waals surface area contributed by atoms with E-state index in [1.165, 1.54) is 18.2 Å². The van der Waals surface area contributed by atoms with Gasteiger partial charge in [-0.1, -0.05) is 18.2 Å². The SMILES string of the molecule is CC(c1ccccc1F)N(C)c1ccc(C#N)c(Br)c1F. The van der Waals surface area contributed by atoms with E-state index in [0.717, 1.165) is 0 Å². The maximum Gasteiger partial charge on any atom is 0.161 e. The van der Waals surface area contributed by atoms with Crippen molar-refractivity contribution in [1.82, 2.24) is 0 Å². The molecule has 0 N–H and O–H groups in total. The number of hydrogen-bond donors (Lipinski definition) is 0. The normalized spacial score (nSPS) is 11.8. The molecular formula is C16H13BrF2N2. The summed E-state index contributed by atoms with van der Waals surface area (Å²) in [6.45, 7) is 1.80. The second kappa shape index (κ2) is 6.23. The van der Waals surface area contributed by atoms with Crippen molar-refractivity contribution in [3.05, 3.63) is 63.6 Å². The van der Waals surface area contributed by atoms with E-state index in [0.29, 0.717) is 11.3 Å². The summed E-state index contributed by atoms with van der Waals surface area (Å²) in [5, 5.41) is 8.89. The van der Waals surface area contributed by atoms with Crippen LogP contribution in [0.4, 0.5) is 14.5 Å². The fraction of sp³-hybridized carbons (Fsp3) is 0.188. The summed E-state index contributed by atoms with van der Waals surface area (Å²) in [4.78, 5) is 1.64. The molecule has 0 fully saturated rings. The third-order valence-electron chi connectivity index (χ3n) is 3.50. The summed E-state index contributed by atoms with van der Waals surface area (Å²) in [5.74, 6) is -0.857. The Bertz CT molecular complexity index is 710. The summed E-state index contributed by atoms with van der Waals surface area (Å²) in [6, 6.07) is 11.0. The Labute approximate surface area is 130 Å². The lowest BCUT2D eigenvalue weighted by atomic mass is 10.1. The van der Waals surface area contributed by atoms with Crippen LogP contribution in [-0.2, 0) is 0 Å². The van der Waals surface area contributed by atoms with Crippen LogP contribution in [0.15, 0.2) is 40.9 Å². The standard InChI is InChI=1S/C16H13BrF2N2/c1-10(12-5-3-4-6-13(12)18)21(2)14-8-7-11(9-20)15(17)16(14)19/h3-8,10H,1-2H3. The van der Waals surface area contributed by atoms with Gasteiger partial charge >= 0.3 is 0 Å². The monoisotopic (exact) mass is 350 g/mol. The maximum absolute atomic E-state index is 14.3. The Morgan fingerprint density at radius 1 is 1.19 bits per heavy atom. The van der Waals surface area contributed by atoms with Crippen molar-refractivity contribution >= 4 is 21.6 Å². The predicted octanol–water partition coefficient (Wildman–Crippen LogP) is 4.80. The van der Waals surface area contributed by atoms with E-state index in [9.17, 15) is 8.78 Å². The van der Waals surface area contributed by atoms with E-state index in [1.807, 2.05) is 6.07 Å². The Morgan fingerprint density at radius 3 is 2.48 bits per heavy atom. The van der Waals surface area contributed by atoms with E-state index in [-0.39, 0.29) is 21.9 Å². The highest BCUT2D eigenvalue weighted by Crippen LogP contribution is 2.33. The largest absolute Gasteiger partial charge is 0.365 e. The molecule has 0 saturated carbocycles. The van der Waals surface area contributed by atoms with Gasteiger partial charge in [0.25, 0.3) is 0 Å². The molecule has 1 atom stereocenters. The molecule has 0 bridgehead atoms. The molecule has 21 heavy (non-hydrogen) atoms. The molecule has 1 unspecified atom stereocenters. The molecule has 2 rings (SSSR count). The van der Waals surface area contributed by atoms with E-state index in [1.54, 1.807) is 37.1 Å². The van der Waals surface area contributed by atoms with Crippen LogP contribution in [-0.4, -0.2) is 7.05 Å². The Kier molecular flexibility index (Phi) is 4.59. The first-order valence-corrected chi connectivity index (χ1v) is 7.12. The van der Waals surface area contributed by atoms with Gasteiger partial charge in [0.2, 0.25) is 0 Å². The van der Waals surface area contributed by atoms with Gasteiger partial charge in [-0.3, -0.25) is 0 Å². The number of rotatable bonds is 3. The van der Waals surface area contributed by atoms with E-state index in [4.69, 9.17) is 5.26 Å². The molecule has 0 spiro atoms. The second-order valence-corrected chi connectivity index (χ2v) is 5.47. The average molecular weight is 351 g/mol. The van der Waals surface area contributed by atoms with Crippen LogP contribution in [0.1, 0.15) is 24.1 Å². The minimum atomic E-state index is -0.528. The highest BCUT2D eigenvalue weighted by Gasteiger charge is 2.20. The van der Waals surface area contributed by atoms with E-state index in [2.05, 4.69) is 15.9 Å². The number of halogens is 3. The van der Waals surface area contributed by atoms with Gasteiger partial charge in [-0.2, -0.15) is 5.26 Å². The maximum atomic E-state index is 14.3. The lowest BCUT2D eigenvalue weighted by molar-refractivity contribution is 0.573. The molecule has 5 heteroatoms. The molecule has 0 radical (unpaired) electrons. The quantitative estimate of drug-likeness (QED) is 0.795. The zero-order valence-corrected chi connectivity index (χ0v) is 13.2. The van der Waals surface area contributed by atoms with Gasteiger partial charge in [0.05, 0.1) is 21.8 Å². The number of nitrogens with zero attached hydrogens (tertiary/aromatic N) is 2. The number of benzene rings is 2. The van der Waals surface area contributed by atoms with Crippen molar-refractivity contribution in [1.29, 1.82) is 5.26 Å². The fourth-order valence-electron chi connectivity index (χ4n) is 2.13. The lowest BCUT2D eigenvalue weighted by Gasteiger charge is -2.28. The average Bonchev–Trinajstić information content (AvgIpc) is 2.49. The first kappa shape index (κ1) is 15.5. The number of anilines is 1. The van der Waals surface area contributed by atoms with Crippen molar-refractivity contribution in [3.63, 3.8) is 0 Å². The van der Waals surface area contributed by atoms with Crippen LogP contribution in [0.5, 0.6) is 0 Å². The summed E-state index contributed by atoms with van der Waals surface area (Å²) in [7, 11) is 1.69. The third kappa shape index (κ3) is 2.91. The predicted molar refractivity (Wildman–Crippen MR) is 82.0 cm³/mol. The van der Waals surface area contributed by atoms with Crippen LogP contribution in [0.2, 0.25) is 0 Å². The molecule has 2 aromatic carbocycles.